The van der Waals surface area contributed by atoms with Gasteiger partial charge in [-0.25, -0.2) is 9.78 Å². The Hall–Kier alpha value is -3.95. The number of nitrogens with one attached hydrogen (secondary N) is 2. The number of alkyl halides is 3. The summed E-state index contributed by atoms with van der Waals surface area (Å²) in [5.41, 5.74) is 0.439. The number of rotatable bonds is 3. The van der Waals surface area contributed by atoms with Crippen LogP contribution in [0.3, 0.4) is 0 Å². The molecule has 1 aliphatic rings. The molecule has 1 fully saturated rings. The van der Waals surface area contributed by atoms with Gasteiger partial charge in [0, 0.05) is 30.5 Å². The van der Waals surface area contributed by atoms with Gasteiger partial charge in [-0.05, 0) is 49.1 Å². The first kappa shape index (κ1) is 25.2. The van der Waals surface area contributed by atoms with Gasteiger partial charge in [0.2, 0.25) is 0 Å². The summed E-state index contributed by atoms with van der Waals surface area (Å²) in [6.45, 7) is 2.58. The maximum Gasteiger partial charge on any atom is 0.416 e. The van der Waals surface area contributed by atoms with Gasteiger partial charge in [-0.2, -0.15) is 13.2 Å². The molecule has 3 amide bonds. The quantitative estimate of drug-likeness (QED) is 0.455. The predicted molar refractivity (Wildman–Crippen MR) is 128 cm³/mol. The minimum absolute atomic E-state index is 0.278. The Balaban J connectivity index is 1.44. The lowest BCUT2D eigenvalue weighted by Crippen LogP contribution is -2.33. The highest BCUT2D eigenvalue weighted by Crippen LogP contribution is 2.29. The predicted octanol–water partition coefficient (Wildman–Crippen LogP) is 4.12. The van der Waals surface area contributed by atoms with Crippen molar-refractivity contribution < 1.29 is 27.9 Å². The number of aryl methyl sites for hydroxylation is 1. The van der Waals surface area contributed by atoms with Crippen molar-refractivity contribution in [3.8, 4) is 11.8 Å². The highest BCUT2D eigenvalue weighted by molar-refractivity contribution is 7.16. The molecule has 3 heterocycles. The lowest BCUT2D eigenvalue weighted by atomic mass is 10.1. The molecule has 1 aliphatic heterocycles. The SMILES string of the molecule is Cc1ccc(NC(=O)c2cc(C(F)(F)F)ccn2)cc1C#Cc1cnc(NC(=O)N2CCC(O)C2)s1. The molecule has 0 aliphatic carbocycles. The van der Waals surface area contributed by atoms with Crippen LogP contribution in [0, 0.1) is 18.8 Å². The van der Waals surface area contributed by atoms with Gasteiger partial charge in [0.05, 0.1) is 22.7 Å². The van der Waals surface area contributed by atoms with Crippen molar-refractivity contribution in [1.82, 2.24) is 14.9 Å². The summed E-state index contributed by atoms with van der Waals surface area (Å²) in [5.74, 6) is 5.17. The van der Waals surface area contributed by atoms with E-state index in [-0.39, 0.29) is 18.3 Å². The molecule has 8 nitrogen and oxygen atoms in total. The maximum absolute atomic E-state index is 12.9. The van der Waals surface area contributed by atoms with Crippen LogP contribution in [0.15, 0.2) is 42.7 Å². The molecular weight excluding hydrogens is 495 g/mol. The van der Waals surface area contributed by atoms with Gasteiger partial charge in [0.1, 0.15) is 5.69 Å². The van der Waals surface area contributed by atoms with E-state index < -0.39 is 23.8 Å². The number of anilines is 2. The zero-order valence-corrected chi connectivity index (χ0v) is 19.7. The Kier molecular flexibility index (Phi) is 7.23. The number of urea groups is 1. The molecule has 0 bridgehead atoms. The molecule has 186 valence electrons. The van der Waals surface area contributed by atoms with E-state index in [1.54, 1.807) is 18.2 Å². The van der Waals surface area contributed by atoms with Crippen molar-refractivity contribution >= 4 is 34.1 Å². The van der Waals surface area contributed by atoms with Crippen LogP contribution in [-0.2, 0) is 6.18 Å². The fourth-order valence-electron chi connectivity index (χ4n) is 3.38. The van der Waals surface area contributed by atoms with E-state index >= 15 is 0 Å². The average molecular weight is 516 g/mol. The summed E-state index contributed by atoms with van der Waals surface area (Å²) in [7, 11) is 0. The Morgan fingerprint density at radius 1 is 1.17 bits per heavy atom. The molecule has 1 unspecified atom stereocenters. The second-order valence-corrected chi connectivity index (χ2v) is 9.04. The lowest BCUT2D eigenvalue weighted by molar-refractivity contribution is -0.137. The van der Waals surface area contributed by atoms with Crippen molar-refractivity contribution in [2.75, 3.05) is 23.7 Å². The number of aliphatic hydroxyl groups is 1. The third-order valence-electron chi connectivity index (χ3n) is 5.31. The number of aromatic nitrogens is 2. The normalized spacial score (nSPS) is 15.2. The molecule has 1 aromatic carbocycles. The average Bonchev–Trinajstić information content (AvgIpc) is 3.47. The zero-order valence-electron chi connectivity index (χ0n) is 18.9. The van der Waals surface area contributed by atoms with Crippen LogP contribution in [0.4, 0.5) is 28.8 Å². The molecule has 1 atom stereocenters. The van der Waals surface area contributed by atoms with Crippen LogP contribution in [0.25, 0.3) is 0 Å². The van der Waals surface area contributed by atoms with Crippen molar-refractivity contribution in [3.05, 3.63) is 70.0 Å². The molecule has 0 saturated carbocycles. The van der Waals surface area contributed by atoms with E-state index in [2.05, 4.69) is 32.4 Å². The molecule has 12 heteroatoms. The van der Waals surface area contributed by atoms with Gasteiger partial charge in [0.15, 0.2) is 5.13 Å². The number of nitrogens with zero attached hydrogens (tertiary/aromatic N) is 3. The van der Waals surface area contributed by atoms with Gasteiger partial charge in [-0.1, -0.05) is 23.3 Å². The molecule has 0 spiro atoms. The Labute approximate surface area is 208 Å². The third kappa shape index (κ3) is 6.18. The number of benzene rings is 1. The monoisotopic (exact) mass is 515 g/mol. The third-order valence-corrected chi connectivity index (χ3v) is 6.13. The second kappa shape index (κ2) is 10.3. The minimum Gasteiger partial charge on any atom is -0.391 e. The lowest BCUT2D eigenvalue weighted by Gasteiger charge is -2.14. The number of hydrogen-bond donors (Lipinski definition) is 3. The summed E-state index contributed by atoms with van der Waals surface area (Å²) in [5, 5.41) is 15.2. The summed E-state index contributed by atoms with van der Waals surface area (Å²) in [4.78, 5) is 34.6. The molecule has 3 N–H and O–H groups in total. The molecule has 2 aromatic heterocycles. The number of pyridine rings is 1. The van der Waals surface area contributed by atoms with E-state index in [9.17, 15) is 27.9 Å². The second-order valence-electron chi connectivity index (χ2n) is 8.01. The number of halogens is 3. The van der Waals surface area contributed by atoms with Gasteiger partial charge in [-0.15, -0.1) is 0 Å². The first-order valence-electron chi connectivity index (χ1n) is 10.8. The van der Waals surface area contributed by atoms with Gasteiger partial charge in [-0.3, -0.25) is 15.1 Å². The van der Waals surface area contributed by atoms with Crippen LogP contribution in [0.5, 0.6) is 0 Å². The van der Waals surface area contributed by atoms with Gasteiger partial charge < -0.3 is 15.3 Å². The number of carbonyl (C=O) groups excluding carboxylic acids is 2. The smallest absolute Gasteiger partial charge is 0.391 e. The number of thiazole rings is 1. The van der Waals surface area contributed by atoms with Crippen molar-refractivity contribution in [3.63, 3.8) is 0 Å². The number of hydrogen-bond acceptors (Lipinski definition) is 6. The molecular formula is C24H20F3N5O3S. The first-order chi connectivity index (χ1) is 17.1. The summed E-state index contributed by atoms with van der Waals surface area (Å²) in [6, 6.07) is 6.09. The zero-order chi connectivity index (χ0) is 25.9. The van der Waals surface area contributed by atoms with Gasteiger partial charge in [0.25, 0.3) is 5.91 Å². The summed E-state index contributed by atoms with van der Waals surface area (Å²) >= 11 is 1.19. The fraction of sp³-hybridized carbons (Fsp3) is 0.250. The Bertz CT molecular complexity index is 1360. The van der Waals surface area contributed by atoms with Crippen LogP contribution in [-0.4, -0.2) is 51.1 Å². The topological polar surface area (TPSA) is 107 Å². The van der Waals surface area contributed by atoms with Crippen molar-refractivity contribution in [2.24, 2.45) is 0 Å². The van der Waals surface area contributed by atoms with E-state index in [1.165, 1.54) is 22.4 Å². The van der Waals surface area contributed by atoms with Crippen LogP contribution in [0.1, 0.15) is 38.5 Å². The fourth-order valence-corrected chi connectivity index (χ4v) is 4.04. The Morgan fingerprint density at radius 2 is 1.97 bits per heavy atom. The number of likely N-dealkylation sites (tertiary alicyclic amines) is 1. The minimum atomic E-state index is -4.58. The highest BCUT2D eigenvalue weighted by atomic mass is 32.1. The number of carbonyl (C=O) groups is 2. The largest absolute Gasteiger partial charge is 0.416 e. The molecule has 1 saturated heterocycles. The van der Waals surface area contributed by atoms with Crippen molar-refractivity contribution in [2.45, 2.75) is 25.6 Å². The van der Waals surface area contributed by atoms with E-state index in [4.69, 9.17) is 0 Å². The van der Waals surface area contributed by atoms with E-state index in [0.717, 1.165) is 17.8 Å². The molecule has 3 aromatic rings. The van der Waals surface area contributed by atoms with Crippen molar-refractivity contribution in [1.29, 1.82) is 0 Å². The number of aliphatic hydroxyl groups excluding tert-OH is 1. The van der Waals surface area contributed by atoms with Gasteiger partial charge >= 0.3 is 12.2 Å². The number of amides is 3. The molecule has 4 rings (SSSR count). The van der Waals surface area contributed by atoms with E-state index in [1.807, 2.05) is 6.92 Å². The van der Waals surface area contributed by atoms with E-state index in [0.29, 0.717) is 40.3 Å². The highest BCUT2D eigenvalue weighted by Gasteiger charge is 2.31. The first-order valence-corrected chi connectivity index (χ1v) is 11.6. The van der Waals surface area contributed by atoms with Crippen LogP contribution >= 0.6 is 11.3 Å². The maximum atomic E-state index is 12.9. The summed E-state index contributed by atoms with van der Waals surface area (Å²) in [6.07, 6.45) is -2.10. The summed E-state index contributed by atoms with van der Waals surface area (Å²) < 4.78 is 38.8. The molecule has 0 radical (unpaired) electrons. The van der Waals surface area contributed by atoms with Crippen LogP contribution < -0.4 is 10.6 Å². The van der Waals surface area contributed by atoms with Crippen LogP contribution in [0.2, 0.25) is 0 Å². The molecule has 36 heavy (non-hydrogen) atoms. The number of β-amino-alcohol motifs (C(OH)–C–C–N with tert-alkyl or cyclic N) is 1. The standard InChI is InChI=1S/C24H20F3N5O3S/c1-14-2-4-17(30-21(34)20-11-16(6-8-28-20)24(25,26)27)10-15(14)3-5-19-12-29-22(36-19)31-23(35)32-9-7-18(33)13-32/h2,4,6,8,10-12,18,33H,7,9,13H2,1H3,(H,30,34)(H,29,31,35). The Morgan fingerprint density at radius 3 is 2.69 bits per heavy atom.